The summed E-state index contributed by atoms with van der Waals surface area (Å²) in [4.78, 5) is 12.6. The highest BCUT2D eigenvalue weighted by Gasteiger charge is 2.48. The van der Waals surface area contributed by atoms with Crippen LogP contribution in [0.1, 0.15) is 51.9 Å². The molecule has 106 valence electrons. The monoisotopic (exact) mass is 279 g/mol. The Morgan fingerprint density at radius 1 is 0.895 bits per heavy atom. The van der Waals surface area contributed by atoms with Crippen LogP contribution in [0, 0.1) is 0 Å². The molecule has 1 aromatic rings. The molecule has 0 saturated heterocycles. The normalized spacial score (nSPS) is 12.5. The van der Waals surface area contributed by atoms with Crippen LogP contribution in [-0.4, -0.2) is 28.9 Å². The number of hydrogen-bond acceptors (Lipinski definition) is 1. The van der Waals surface area contributed by atoms with E-state index in [0.29, 0.717) is 22.8 Å². The van der Waals surface area contributed by atoms with Crippen molar-refractivity contribution < 1.29 is 4.79 Å². The molecular weight excluding hydrogens is 251 g/mol. The zero-order valence-corrected chi connectivity index (χ0v) is 14.1. The lowest BCUT2D eigenvalue weighted by Gasteiger charge is -2.37. The van der Waals surface area contributed by atoms with Crippen LogP contribution in [0.15, 0.2) is 30.3 Å². The number of ketones is 1. The van der Waals surface area contributed by atoms with Gasteiger partial charge >= 0.3 is 0 Å². The Kier molecular flexibility index (Phi) is 5.74. The molecule has 0 spiro atoms. The summed E-state index contributed by atoms with van der Waals surface area (Å²) >= 11 is 0. The van der Waals surface area contributed by atoms with Gasteiger partial charge < -0.3 is 0 Å². The second kappa shape index (κ2) is 6.66. The molecule has 0 radical (unpaired) electrons. The van der Waals surface area contributed by atoms with Gasteiger partial charge in [-0.1, -0.05) is 30.3 Å². The minimum absolute atomic E-state index is 0.324. The van der Waals surface area contributed by atoms with Crippen molar-refractivity contribution in [3.63, 3.8) is 0 Å². The van der Waals surface area contributed by atoms with E-state index in [4.69, 9.17) is 0 Å². The summed E-state index contributed by atoms with van der Waals surface area (Å²) in [6, 6.07) is 9.75. The zero-order chi connectivity index (χ0) is 14.6. The number of carbonyl (C=O) groups excluding carboxylic acids is 1. The number of Topliss-reactive ketones (excluding diaryl/α,β-unsaturated/α-hetero) is 1. The van der Waals surface area contributed by atoms with Gasteiger partial charge in [0.05, 0.1) is 17.0 Å². The lowest BCUT2D eigenvalue weighted by molar-refractivity contribution is 0.102. The van der Waals surface area contributed by atoms with Gasteiger partial charge in [0, 0.05) is 12.8 Å². The fourth-order valence-corrected chi connectivity index (χ4v) is 8.65. The smallest absolute Gasteiger partial charge is 0.199 e. The third-order valence-electron chi connectivity index (χ3n) is 4.40. The Morgan fingerprint density at radius 3 is 1.68 bits per heavy atom. The average molecular weight is 279 g/mol. The molecule has 0 amide bonds. The molecule has 0 unspecified atom stereocenters. The van der Waals surface area contributed by atoms with Gasteiger partial charge in [-0.25, -0.2) is 0 Å². The molecule has 1 aromatic carbocycles. The Bertz CT molecular complexity index is 385. The Labute approximate surface area is 119 Å². The second-order valence-corrected chi connectivity index (χ2v) is 11.6. The molecule has 0 fully saturated rings. The SMILES string of the molecule is CC(C)[P+](CC(=O)c1ccccc1)(C(C)C)C(C)C. The average Bonchev–Trinajstić information content (AvgIpc) is 2.35. The molecule has 0 N–H and O–H groups in total. The van der Waals surface area contributed by atoms with E-state index in [1.807, 2.05) is 30.3 Å². The van der Waals surface area contributed by atoms with E-state index in [2.05, 4.69) is 41.5 Å². The van der Waals surface area contributed by atoms with E-state index in [-0.39, 0.29) is 0 Å². The summed E-state index contributed by atoms with van der Waals surface area (Å²) in [5.74, 6) is 0.324. The lowest BCUT2D eigenvalue weighted by atomic mass is 10.2. The van der Waals surface area contributed by atoms with Gasteiger partial charge in [0.25, 0.3) is 0 Å². The summed E-state index contributed by atoms with van der Waals surface area (Å²) in [7, 11) is -1.28. The molecule has 0 aliphatic rings. The molecule has 0 aliphatic heterocycles. The van der Waals surface area contributed by atoms with Crippen molar-refractivity contribution >= 4 is 13.0 Å². The van der Waals surface area contributed by atoms with E-state index in [9.17, 15) is 4.79 Å². The molecule has 2 heteroatoms. The van der Waals surface area contributed by atoms with Crippen molar-refractivity contribution in [2.24, 2.45) is 0 Å². The molecule has 0 heterocycles. The largest absolute Gasteiger partial charge is 0.290 e. The van der Waals surface area contributed by atoms with Crippen LogP contribution in [0.25, 0.3) is 0 Å². The summed E-state index contributed by atoms with van der Waals surface area (Å²) in [5.41, 5.74) is 2.70. The number of hydrogen-bond donors (Lipinski definition) is 0. The maximum absolute atomic E-state index is 12.6. The predicted octanol–water partition coefficient (Wildman–Crippen LogP) is 5.11. The van der Waals surface area contributed by atoms with Crippen molar-refractivity contribution in [3.05, 3.63) is 35.9 Å². The Balaban J connectivity index is 3.05. The van der Waals surface area contributed by atoms with Gasteiger partial charge in [-0.2, -0.15) is 0 Å². The molecule has 1 nitrogen and oxygen atoms in total. The second-order valence-electron chi connectivity index (χ2n) is 6.22. The van der Waals surface area contributed by atoms with Gasteiger partial charge in [0.15, 0.2) is 5.78 Å². The first-order valence-corrected chi connectivity index (χ1v) is 9.45. The summed E-state index contributed by atoms with van der Waals surface area (Å²) in [5, 5.41) is 0. The number of carbonyl (C=O) groups is 1. The van der Waals surface area contributed by atoms with Crippen LogP contribution >= 0.6 is 7.26 Å². The number of rotatable bonds is 6. The zero-order valence-electron chi connectivity index (χ0n) is 13.2. The van der Waals surface area contributed by atoms with Crippen molar-refractivity contribution in [2.75, 3.05) is 6.16 Å². The highest BCUT2D eigenvalue weighted by molar-refractivity contribution is 7.78. The van der Waals surface area contributed by atoms with Crippen LogP contribution in [0.4, 0.5) is 0 Å². The summed E-state index contributed by atoms with van der Waals surface area (Å²) < 4.78 is 0. The maximum Gasteiger partial charge on any atom is 0.199 e. The van der Waals surface area contributed by atoms with E-state index < -0.39 is 7.26 Å². The van der Waals surface area contributed by atoms with Crippen molar-refractivity contribution in [1.29, 1.82) is 0 Å². The van der Waals surface area contributed by atoms with Gasteiger partial charge in [0.2, 0.25) is 0 Å². The molecule has 1 rings (SSSR count). The molecule has 0 saturated carbocycles. The predicted molar refractivity (Wildman–Crippen MR) is 88.0 cm³/mol. The quantitative estimate of drug-likeness (QED) is 0.522. The van der Waals surface area contributed by atoms with Crippen LogP contribution in [0.5, 0.6) is 0 Å². The first-order chi connectivity index (χ1) is 8.82. The Hall–Kier alpha value is -0.680. The highest BCUT2D eigenvalue weighted by atomic mass is 31.2. The van der Waals surface area contributed by atoms with E-state index in [1.165, 1.54) is 0 Å². The van der Waals surface area contributed by atoms with Gasteiger partial charge in [-0.3, -0.25) is 4.79 Å². The van der Waals surface area contributed by atoms with Gasteiger partial charge in [0.1, 0.15) is 6.16 Å². The molecule has 0 aromatic heterocycles. The standard InChI is InChI=1S/C17H28OP/c1-13(2)19(14(3)4,15(5)6)12-17(18)16-10-8-7-9-11-16/h7-11,13-15H,12H2,1-6H3/q+1. The number of benzene rings is 1. The molecule has 19 heavy (non-hydrogen) atoms. The third-order valence-corrected chi connectivity index (χ3v) is 11.0. The van der Waals surface area contributed by atoms with Crippen LogP contribution < -0.4 is 0 Å². The minimum atomic E-state index is -1.28. The first kappa shape index (κ1) is 16.4. The lowest BCUT2D eigenvalue weighted by Crippen LogP contribution is -2.29. The van der Waals surface area contributed by atoms with Crippen molar-refractivity contribution in [3.8, 4) is 0 Å². The van der Waals surface area contributed by atoms with Crippen LogP contribution in [0.2, 0.25) is 0 Å². The van der Waals surface area contributed by atoms with Gasteiger partial charge in [-0.05, 0) is 41.5 Å². The summed E-state index contributed by atoms with van der Waals surface area (Å²) in [6.07, 6.45) is 0.754. The highest BCUT2D eigenvalue weighted by Crippen LogP contribution is 2.70. The topological polar surface area (TPSA) is 17.1 Å². The molecule has 0 aliphatic carbocycles. The Morgan fingerprint density at radius 2 is 1.32 bits per heavy atom. The van der Waals surface area contributed by atoms with Gasteiger partial charge in [-0.15, -0.1) is 0 Å². The molecular formula is C17H28OP+. The summed E-state index contributed by atoms with van der Waals surface area (Å²) in [6.45, 7) is 13.8. The van der Waals surface area contributed by atoms with Crippen molar-refractivity contribution in [1.82, 2.24) is 0 Å². The van der Waals surface area contributed by atoms with E-state index in [0.717, 1.165) is 11.7 Å². The fraction of sp³-hybridized carbons (Fsp3) is 0.588. The first-order valence-electron chi connectivity index (χ1n) is 7.27. The van der Waals surface area contributed by atoms with Crippen molar-refractivity contribution in [2.45, 2.75) is 58.5 Å². The van der Waals surface area contributed by atoms with Crippen LogP contribution in [-0.2, 0) is 0 Å². The van der Waals surface area contributed by atoms with E-state index in [1.54, 1.807) is 0 Å². The third kappa shape index (κ3) is 3.45. The fourth-order valence-electron chi connectivity index (χ4n) is 3.30. The molecule has 0 atom stereocenters. The molecule has 0 bridgehead atoms. The minimum Gasteiger partial charge on any atom is -0.290 e. The maximum atomic E-state index is 12.6. The van der Waals surface area contributed by atoms with E-state index >= 15 is 0 Å². The van der Waals surface area contributed by atoms with Crippen LogP contribution in [0.3, 0.4) is 0 Å².